The first-order valence-electron chi connectivity index (χ1n) is 10.7. The van der Waals surface area contributed by atoms with Crippen molar-refractivity contribution in [2.45, 2.75) is 51.3 Å². The van der Waals surface area contributed by atoms with Crippen LogP contribution in [0.1, 0.15) is 31.5 Å². The van der Waals surface area contributed by atoms with Crippen LogP contribution < -0.4 is 5.32 Å². The second kappa shape index (κ2) is 8.22. The number of anilines is 1. The van der Waals surface area contributed by atoms with Crippen LogP contribution in [0.2, 0.25) is 0 Å². The molecule has 1 N–H and O–H groups in total. The van der Waals surface area contributed by atoms with Crippen LogP contribution in [-0.4, -0.2) is 55.1 Å². The van der Waals surface area contributed by atoms with Crippen molar-refractivity contribution in [2.75, 3.05) is 19.1 Å². The van der Waals surface area contributed by atoms with E-state index in [0.717, 1.165) is 53.8 Å². The lowest BCUT2D eigenvalue weighted by atomic mass is 9.93. The van der Waals surface area contributed by atoms with Gasteiger partial charge in [0.1, 0.15) is 18.0 Å². The summed E-state index contributed by atoms with van der Waals surface area (Å²) in [4.78, 5) is 13.8. The monoisotopic (exact) mass is 423 g/mol. The fourth-order valence-electron chi connectivity index (χ4n) is 4.43. The van der Waals surface area contributed by atoms with E-state index in [1.807, 2.05) is 46.6 Å². The van der Waals surface area contributed by atoms with Gasteiger partial charge in [-0.05, 0) is 50.8 Å². The molecule has 0 aromatic carbocycles. The van der Waals surface area contributed by atoms with Crippen molar-refractivity contribution in [2.24, 2.45) is 0 Å². The lowest BCUT2D eigenvalue weighted by Gasteiger charge is -2.28. The Kier molecular flexibility index (Phi) is 5.27. The SMILES string of the molecule is CO[C@H]1CC[C@@H](Nc2ncc3c(-c4ccc5nc(C)n(CCF)c5n4)ccn3n2)CC1. The molecule has 9 heteroatoms. The summed E-state index contributed by atoms with van der Waals surface area (Å²) in [5, 5.41) is 8.09. The van der Waals surface area contributed by atoms with Crippen molar-refractivity contribution >= 4 is 22.6 Å². The predicted octanol–water partition coefficient (Wildman–Crippen LogP) is 3.79. The Morgan fingerprint density at radius 1 is 1.16 bits per heavy atom. The van der Waals surface area contributed by atoms with E-state index in [4.69, 9.17) is 9.72 Å². The van der Waals surface area contributed by atoms with Crippen molar-refractivity contribution < 1.29 is 9.13 Å². The zero-order valence-electron chi connectivity index (χ0n) is 17.8. The largest absolute Gasteiger partial charge is 0.381 e. The first-order valence-corrected chi connectivity index (χ1v) is 10.7. The molecule has 1 fully saturated rings. The fraction of sp³-hybridized carbons (Fsp3) is 0.455. The second-order valence-corrected chi connectivity index (χ2v) is 8.03. The number of nitrogens with zero attached hydrogens (tertiary/aromatic N) is 6. The molecule has 5 rings (SSSR count). The van der Waals surface area contributed by atoms with Crippen LogP contribution in [0.5, 0.6) is 0 Å². The maximum Gasteiger partial charge on any atom is 0.241 e. The molecule has 31 heavy (non-hydrogen) atoms. The quantitative estimate of drug-likeness (QED) is 0.508. The number of methoxy groups -OCH3 is 1. The molecular weight excluding hydrogens is 397 g/mol. The summed E-state index contributed by atoms with van der Waals surface area (Å²) in [5.74, 6) is 1.38. The van der Waals surface area contributed by atoms with Crippen molar-refractivity contribution in [1.29, 1.82) is 0 Å². The minimum atomic E-state index is -0.454. The van der Waals surface area contributed by atoms with Gasteiger partial charge in [-0.3, -0.25) is 0 Å². The van der Waals surface area contributed by atoms with Crippen LogP contribution in [0.25, 0.3) is 27.9 Å². The highest BCUT2D eigenvalue weighted by atomic mass is 19.1. The minimum Gasteiger partial charge on any atom is -0.381 e. The number of hydrogen-bond acceptors (Lipinski definition) is 6. The molecule has 162 valence electrons. The zero-order valence-corrected chi connectivity index (χ0v) is 17.8. The van der Waals surface area contributed by atoms with E-state index in [0.29, 0.717) is 23.7 Å². The molecule has 0 bridgehead atoms. The van der Waals surface area contributed by atoms with E-state index in [-0.39, 0.29) is 6.54 Å². The van der Waals surface area contributed by atoms with E-state index in [1.54, 1.807) is 7.11 Å². The second-order valence-electron chi connectivity index (χ2n) is 8.03. The number of rotatable bonds is 6. The normalized spacial score (nSPS) is 19.3. The standard InChI is InChI=1S/C22H26FN7O/c1-14-25-19-8-7-18(27-21(19)29(14)12-10-23)17-9-11-30-20(17)13-24-22(28-30)26-15-3-5-16(31-2)6-4-15/h7-9,11,13,15-16H,3-6,10,12H2,1-2H3,(H,26,28)/t15-,16+. The first kappa shape index (κ1) is 19.9. The number of ether oxygens (including phenoxy) is 1. The summed E-state index contributed by atoms with van der Waals surface area (Å²) < 4.78 is 22.1. The number of aromatic nitrogens is 6. The molecule has 0 amide bonds. The lowest BCUT2D eigenvalue weighted by Crippen LogP contribution is -2.30. The summed E-state index contributed by atoms with van der Waals surface area (Å²) >= 11 is 0. The molecule has 8 nitrogen and oxygen atoms in total. The minimum absolute atomic E-state index is 0.250. The fourth-order valence-corrected chi connectivity index (χ4v) is 4.43. The summed E-state index contributed by atoms with van der Waals surface area (Å²) in [6.45, 7) is 1.67. The molecule has 1 aliphatic carbocycles. The molecule has 0 unspecified atom stereocenters. The third-order valence-corrected chi connectivity index (χ3v) is 6.12. The van der Waals surface area contributed by atoms with Gasteiger partial charge in [0.25, 0.3) is 0 Å². The number of nitrogens with one attached hydrogen (secondary N) is 1. The van der Waals surface area contributed by atoms with Gasteiger partial charge in [-0.2, -0.15) is 0 Å². The summed E-state index contributed by atoms with van der Waals surface area (Å²) in [6.07, 6.45) is 8.30. The Hall–Kier alpha value is -3.07. The highest BCUT2D eigenvalue weighted by molar-refractivity contribution is 5.82. The van der Waals surface area contributed by atoms with Gasteiger partial charge < -0.3 is 14.6 Å². The van der Waals surface area contributed by atoms with Crippen molar-refractivity contribution in [3.63, 3.8) is 0 Å². The van der Waals surface area contributed by atoms with Crippen molar-refractivity contribution in [1.82, 2.24) is 29.1 Å². The molecular formula is C22H26FN7O. The van der Waals surface area contributed by atoms with Gasteiger partial charge in [0.05, 0.1) is 30.1 Å². The Labute approximate surface area is 179 Å². The summed E-state index contributed by atoms with van der Waals surface area (Å²) in [7, 11) is 1.78. The van der Waals surface area contributed by atoms with Gasteiger partial charge in [0.2, 0.25) is 5.95 Å². The zero-order chi connectivity index (χ0) is 21.4. The van der Waals surface area contributed by atoms with Crippen molar-refractivity contribution in [3.8, 4) is 11.3 Å². The van der Waals surface area contributed by atoms with Crippen molar-refractivity contribution in [3.05, 3.63) is 36.4 Å². The Morgan fingerprint density at radius 2 is 2.00 bits per heavy atom. The molecule has 0 saturated heterocycles. The van der Waals surface area contributed by atoms with E-state index in [1.165, 1.54) is 0 Å². The van der Waals surface area contributed by atoms with Crippen LogP contribution in [0.3, 0.4) is 0 Å². The molecule has 1 saturated carbocycles. The van der Waals surface area contributed by atoms with E-state index < -0.39 is 6.67 Å². The molecule has 0 aliphatic heterocycles. The highest BCUT2D eigenvalue weighted by Gasteiger charge is 2.21. The maximum absolute atomic E-state index is 13.0. The van der Waals surface area contributed by atoms with Gasteiger partial charge in [0, 0.05) is 24.9 Å². The Morgan fingerprint density at radius 3 is 2.77 bits per heavy atom. The number of hydrogen-bond donors (Lipinski definition) is 1. The number of alkyl halides is 1. The number of aryl methyl sites for hydroxylation is 2. The van der Waals surface area contributed by atoms with Crippen LogP contribution in [-0.2, 0) is 11.3 Å². The third kappa shape index (κ3) is 3.74. The smallest absolute Gasteiger partial charge is 0.241 e. The van der Waals surface area contributed by atoms with E-state index in [9.17, 15) is 4.39 Å². The first-order chi connectivity index (χ1) is 15.2. The Bertz CT molecular complexity index is 1210. The van der Waals surface area contributed by atoms with Gasteiger partial charge in [-0.25, -0.2) is 23.9 Å². The molecule has 4 aromatic rings. The molecule has 4 aromatic heterocycles. The van der Waals surface area contributed by atoms with Crippen LogP contribution in [0.15, 0.2) is 30.6 Å². The molecule has 0 radical (unpaired) electrons. The third-order valence-electron chi connectivity index (χ3n) is 6.12. The topological polar surface area (TPSA) is 82.2 Å². The number of fused-ring (bicyclic) bond motifs is 2. The average Bonchev–Trinajstić information content (AvgIpc) is 3.35. The molecule has 0 atom stereocenters. The summed E-state index contributed by atoms with van der Waals surface area (Å²) in [5.41, 5.74) is 4.05. The van der Waals surface area contributed by atoms with Crippen LogP contribution in [0.4, 0.5) is 10.3 Å². The maximum atomic E-state index is 13.0. The molecule has 0 spiro atoms. The van der Waals surface area contributed by atoms with Crippen LogP contribution in [0, 0.1) is 6.92 Å². The highest BCUT2D eigenvalue weighted by Crippen LogP contribution is 2.27. The van der Waals surface area contributed by atoms with Gasteiger partial charge in [0.15, 0.2) is 5.65 Å². The molecule has 1 aliphatic rings. The van der Waals surface area contributed by atoms with Gasteiger partial charge >= 0.3 is 0 Å². The van der Waals surface area contributed by atoms with E-state index in [2.05, 4.69) is 20.4 Å². The number of imidazole rings is 1. The number of halogens is 1. The number of pyridine rings is 1. The lowest BCUT2D eigenvalue weighted by molar-refractivity contribution is 0.0681. The average molecular weight is 423 g/mol. The Balaban J connectivity index is 1.42. The van der Waals surface area contributed by atoms with E-state index >= 15 is 0 Å². The predicted molar refractivity (Wildman–Crippen MR) is 117 cm³/mol. The van der Waals surface area contributed by atoms with Gasteiger partial charge in [-0.1, -0.05) is 0 Å². The summed E-state index contributed by atoms with van der Waals surface area (Å²) in [6, 6.07) is 6.21. The van der Waals surface area contributed by atoms with Gasteiger partial charge in [-0.15, -0.1) is 5.10 Å². The van der Waals surface area contributed by atoms with Crippen LogP contribution >= 0.6 is 0 Å². The molecule has 4 heterocycles.